The predicted molar refractivity (Wildman–Crippen MR) is 238 cm³/mol. The minimum absolute atomic E-state index is 0.0907. The molecule has 0 saturated heterocycles. The summed E-state index contributed by atoms with van der Waals surface area (Å²) in [6, 6.07) is 77.5. The van der Waals surface area contributed by atoms with Gasteiger partial charge in [-0.05, 0) is 109 Å². The van der Waals surface area contributed by atoms with Gasteiger partial charge in [-0.15, -0.1) is 0 Å². The van der Waals surface area contributed by atoms with Crippen LogP contribution < -0.4 is 4.90 Å². The van der Waals surface area contributed by atoms with Gasteiger partial charge in [-0.3, -0.25) is 0 Å². The van der Waals surface area contributed by atoms with Crippen LogP contribution in [0.3, 0.4) is 0 Å². The molecule has 0 bridgehead atoms. The van der Waals surface area contributed by atoms with E-state index in [-0.39, 0.29) is 5.41 Å². The smallest absolute Gasteiger partial charge is 0.0540 e. The Bertz CT molecular complexity index is 2750. The normalized spacial score (nSPS) is 12.6. The number of hydrogen-bond acceptors (Lipinski definition) is 1. The third-order valence-corrected chi connectivity index (χ3v) is 11.7. The van der Waals surface area contributed by atoms with Crippen molar-refractivity contribution in [2.45, 2.75) is 19.3 Å². The molecule has 1 nitrogen and oxygen atoms in total. The molecule has 0 aliphatic heterocycles. The molecule has 0 spiro atoms. The zero-order chi connectivity index (χ0) is 37.6. The molecule has 0 aromatic heterocycles. The Balaban J connectivity index is 1.12. The van der Waals surface area contributed by atoms with E-state index in [1.807, 2.05) is 0 Å². The Morgan fingerprint density at radius 3 is 1.41 bits per heavy atom. The minimum Gasteiger partial charge on any atom is -0.310 e. The van der Waals surface area contributed by atoms with Crippen LogP contribution in [-0.2, 0) is 5.41 Å². The summed E-state index contributed by atoms with van der Waals surface area (Å²) in [5.41, 5.74) is 18.5. The molecule has 1 aliphatic rings. The van der Waals surface area contributed by atoms with Gasteiger partial charge in [0.1, 0.15) is 0 Å². The third kappa shape index (κ3) is 5.72. The maximum atomic E-state index is 2.44. The van der Waals surface area contributed by atoms with Crippen molar-refractivity contribution in [1.29, 1.82) is 0 Å². The Labute approximate surface area is 329 Å². The first-order valence-corrected chi connectivity index (χ1v) is 19.5. The summed E-state index contributed by atoms with van der Waals surface area (Å²) in [5, 5.41) is 2.43. The average Bonchev–Trinajstić information content (AvgIpc) is 3.50. The summed E-state index contributed by atoms with van der Waals surface area (Å²) in [4.78, 5) is 2.41. The van der Waals surface area contributed by atoms with Crippen LogP contribution in [0.25, 0.3) is 66.4 Å². The topological polar surface area (TPSA) is 3.24 Å². The number of benzene rings is 9. The fourth-order valence-electron chi connectivity index (χ4n) is 8.85. The lowest BCUT2D eigenvalue weighted by molar-refractivity contribution is 0.660. The van der Waals surface area contributed by atoms with E-state index in [1.165, 1.54) is 77.5 Å². The highest BCUT2D eigenvalue weighted by Gasteiger charge is 2.37. The fraction of sp³-hybridized carbons (Fsp3) is 0.0545. The lowest BCUT2D eigenvalue weighted by Gasteiger charge is -2.28. The van der Waals surface area contributed by atoms with E-state index in [0.717, 1.165) is 17.1 Å². The molecule has 266 valence electrons. The Hall–Kier alpha value is -6.96. The quantitative estimate of drug-likeness (QED) is 0.159. The van der Waals surface area contributed by atoms with E-state index >= 15 is 0 Å². The average molecular weight is 716 g/mol. The van der Waals surface area contributed by atoms with Crippen LogP contribution in [0, 0.1) is 0 Å². The highest BCUT2D eigenvalue weighted by molar-refractivity contribution is 6.07. The van der Waals surface area contributed by atoms with Crippen LogP contribution >= 0.6 is 0 Å². The van der Waals surface area contributed by atoms with Gasteiger partial charge in [0.15, 0.2) is 0 Å². The molecule has 0 N–H and O–H groups in total. The first-order chi connectivity index (χ1) is 27.5. The summed E-state index contributed by atoms with van der Waals surface area (Å²) in [5.74, 6) is 0. The van der Waals surface area contributed by atoms with Crippen LogP contribution in [0.5, 0.6) is 0 Å². The number of rotatable bonds is 7. The maximum absolute atomic E-state index is 2.44. The fourth-order valence-corrected chi connectivity index (χ4v) is 8.85. The van der Waals surface area contributed by atoms with E-state index in [2.05, 4.69) is 231 Å². The molecule has 0 heterocycles. The molecule has 1 aliphatic carbocycles. The van der Waals surface area contributed by atoms with Gasteiger partial charge >= 0.3 is 0 Å². The molecule has 0 unspecified atom stereocenters. The molecule has 9 aromatic carbocycles. The monoisotopic (exact) mass is 715 g/mol. The van der Waals surface area contributed by atoms with Gasteiger partial charge in [0, 0.05) is 22.2 Å². The predicted octanol–water partition coefficient (Wildman–Crippen LogP) is 15.3. The zero-order valence-electron chi connectivity index (χ0n) is 31.7. The number of fused-ring (bicyclic) bond motifs is 4. The van der Waals surface area contributed by atoms with Crippen molar-refractivity contribution >= 4 is 27.8 Å². The lowest BCUT2D eigenvalue weighted by Crippen LogP contribution is -2.14. The number of nitrogens with zero attached hydrogens (tertiary/aromatic N) is 1. The SMILES string of the molecule is CC1(C)c2ccc(-c3ccc(N(c4ccc(-c5ccccc5)cc4)c4ccc(-c5ccccc5)cc4)c4ccccc34)cc2-c2c(-c3ccccc3)cccc21. The Morgan fingerprint density at radius 2 is 0.821 bits per heavy atom. The van der Waals surface area contributed by atoms with Gasteiger partial charge in [-0.25, -0.2) is 0 Å². The third-order valence-electron chi connectivity index (χ3n) is 11.7. The van der Waals surface area contributed by atoms with Crippen molar-refractivity contribution in [3.8, 4) is 55.6 Å². The Kier molecular flexibility index (Phi) is 8.23. The molecule has 10 rings (SSSR count). The van der Waals surface area contributed by atoms with Crippen molar-refractivity contribution in [3.63, 3.8) is 0 Å². The van der Waals surface area contributed by atoms with E-state index in [4.69, 9.17) is 0 Å². The number of hydrogen-bond donors (Lipinski definition) is 0. The highest BCUT2D eigenvalue weighted by Crippen LogP contribution is 2.53. The second-order valence-electron chi connectivity index (χ2n) is 15.3. The first-order valence-electron chi connectivity index (χ1n) is 19.5. The summed E-state index contributed by atoms with van der Waals surface area (Å²) < 4.78 is 0. The van der Waals surface area contributed by atoms with Gasteiger partial charge in [-0.1, -0.05) is 190 Å². The largest absolute Gasteiger partial charge is 0.310 e. The molecule has 0 amide bonds. The lowest BCUT2D eigenvalue weighted by atomic mass is 9.81. The van der Waals surface area contributed by atoms with Crippen LogP contribution in [0.2, 0.25) is 0 Å². The highest BCUT2D eigenvalue weighted by atomic mass is 15.1. The van der Waals surface area contributed by atoms with Crippen molar-refractivity contribution in [2.75, 3.05) is 4.90 Å². The standard InChI is InChI=1S/C55H41N/c1-55(2)51-35-29-43(37-50(51)54-47(23-14-24-52(54)55)42-19-10-5-11-20-42)46-34-36-53(49-22-13-12-21-48(46)49)56(44-30-25-40(26-31-44)38-15-6-3-7-16-38)45-32-27-41(28-33-45)39-17-8-4-9-18-39/h3-37H,1-2H3. The molecule has 9 aromatic rings. The summed E-state index contributed by atoms with van der Waals surface area (Å²) in [7, 11) is 0. The van der Waals surface area contributed by atoms with Crippen molar-refractivity contribution in [2.24, 2.45) is 0 Å². The van der Waals surface area contributed by atoms with Crippen LogP contribution in [0.1, 0.15) is 25.0 Å². The molecule has 56 heavy (non-hydrogen) atoms. The molecule has 1 heteroatoms. The summed E-state index contributed by atoms with van der Waals surface area (Å²) >= 11 is 0. The Morgan fingerprint density at radius 1 is 0.321 bits per heavy atom. The molecular formula is C55H41N. The van der Waals surface area contributed by atoms with Gasteiger partial charge in [0.2, 0.25) is 0 Å². The van der Waals surface area contributed by atoms with E-state index in [9.17, 15) is 0 Å². The molecule has 0 radical (unpaired) electrons. The summed E-state index contributed by atoms with van der Waals surface area (Å²) in [6.07, 6.45) is 0. The van der Waals surface area contributed by atoms with E-state index in [1.54, 1.807) is 0 Å². The van der Waals surface area contributed by atoms with Crippen LogP contribution in [0.4, 0.5) is 17.1 Å². The number of anilines is 3. The zero-order valence-corrected chi connectivity index (χ0v) is 31.7. The molecule has 0 atom stereocenters. The summed E-state index contributed by atoms with van der Waals surface area (Å²) in [6.45, 7) is 4.73. The van der Waals surface area contributed by atoms with Gasteiger partial charge in [0.05, 0.1) is 5.69 Å². The second kappa shape index (κ2) is 13.7. The van der Waals surface area contributed by atoms with E-state index < -0.39 is 0 Å². The second-order valence-corrected chi connectivity index (χ2v) is 15.3. The van der Waals surface area contributed by atoms with Crippen molar-refractivity contribution < 1.29 is 0 Å². The van der Waals surface area contributed by atoms with Gasteiger partial charge < -0.3 is 4.90 Å². The van der Waals surface area contributed by atoms with Gasteiger partial charge in [-0.2, -0.15) is 0 Å². The van der Waals surface area contributed by atoms with Crippen LogP contribution in [0.15, 0.2) is 212 Å². The molecular weight excluding hydrogens is 675 g/mol. The van der Waals surface area contributed by atoms with E-state index in [0.29, 0.717) is 0 Å². The molecule has 0 fully saturated rings. The maximum Gasteiger partial charge on any atom is 0.0540 e. The first kappa shape index (κ1) is 33.6. The van der Waals surface area contributed by atoms with Crippen molar-refractivity contribution in [3.05, 3.63) is 223 Å². The minimum atomic E-state index is -0.0907. The van der Waals surface area contributed by atoms with Crippen molar-refractivity contribution in [1.82, 2.24) is 0 Å². The van der Waals surface area contributed by atoms with Gasteiger partial charge in [0.25, 0.3) is 0 Å². The molecule has 0 saturated carbocycles. The van der Waals surface area contributed by atoms with Crippen LogP contribution in [-0.4, -0.2) is 0 Å².